The lowest BCUT2D eigenvalue weighted by Crippen LogP contribution is -2.32. The van der Waals surface area contributed by atoms with Crippen molar-refractivity contribution < 1.29 is 20.1 Å². The second-order valence-corrected chi connectivity index (χ2v) is 2.97. The molecule has 84 valence electrons. The summed E-state index contributed by atoms with van der Waals surface area (Å²) >= 11 is 0. The Morgan fingerprint density at radius 2 is 1.93 bits per heavy atom. The number of carbonyl (C=O) groups is 1. The molecule has 1 unspecified atom stereocenters. The van der Waals surface area contributed by atoms with Gasteiger partial charge in [0.2, 0.25) is 0 Å². The fourth-order valence-corrected chi connectivity index (χ4v) is 1.04. The van der Waals surface area contributed by atoms with E-state index in [4.69, 9.17) is 21.1 Å². The van der Waals surface area contributed by atoms with E-state index in [1.165, 1.54) is 18.2 Å². The molecular formula is C9H12BrNO4. The van der Waals surface area contributed by atoms with Crippen LogP contribution in [-0.2, 0) is 11.2 Å². The third-order valence-corrected chi connectivity index (χ3v) is 1.81. The Labute approximate surface area is 96.9 Å². The van der Waals surface area contributed by atoms with Crippen molar-refractivity contribution in [2.24, 2.45) is 5.73 Å². The average molecular weight is 278 g/mol. The van der Waals surface area contributed by atoms with Crippen LogP contribution in [-0.4, -0.2) is 27.3 Å². The third kappa shape index (κ3) is 3.77. The molecule has 1 rings (SSSR count). The number of carboxylic acids is 1. The van der Waals surface area contributed by atoms with Crippen molar-refractivity contribution in [3.8, 4) is 11.5 Å². The SMILES string of the molecule is Br.NC(Cc1ccc(O)c(O)c1)C(=O)O. The minimum absolute atomic E-state index is 0. The number of benzene rings is 1. The molecule has 0 aromatic heterocycles. The van der Waals surface area contributed by atoms with Crippen LogP contribution in [0.15, 0.2) is 18.2 Å². The molecule has 0 fully saturated rings. The van der Waals surface area contributed by atoms with Crippen LogP contribution in [0, 0.1) is 0 Å². The molecule has 5 nitrogen and oxygen atoms in total. The van der Waals surface area contributed by atoms with Gasteiger partial charge >= 0.3 is 5.97 Å². The van der Waals surface area contributed by atoms with Crippen LogP contribution in [0.4, 0.5) is 0 Å². The number of aliphatic carboxylic acids is 1. The molecule has 0 spiro atoms. The standard InChI is InChI=1S/C9H11NO4.BrH/c10-6(9(13)14)3-5-1-2-7(11)8(12)4-5;/h1-2,4,6,11-12H,3,10H2,(H,13,14);1H. The zero-order valence-corrected chi connectivity index (χ0v) is 9.47. The topological polar surface area (TPSA) is 104 Å². The van der Waals surface area contributed by atoms with Gasteiger partial charge in [-0.25, -0.2) is 0 Å². The molecular weight excluding hydrogens is 266 g/mol. The Morgan fingerprint density at radius 1 is 1.33 bits per heavy atom. The number of hydrogen-bond acceptors (Lipinski definition) is 4. The number of halogens is 1. The van der Waals surface area contributed by atoms with Crippen LogP contribution in [0.25, 0.3) is 0 Å². The van der Waals surface area contributed by atoms with E-state index in [1.807, 2.05) is 0 Å². The highest BCUT2D eigenvalue weighted by atomic mass is 79.9. The molecule has 0 saturated heterocycles. The number of aromatic hydroxyl groups is 2. The lowest BCUT2D eigenvalue weighted by Gasteiger charge is -2.06. The Kier molecular flexibility index (Phi) is 5.10. The predicted octanol–water partition coefficient (Wildman–Crippen LogP) is 0.630. The van der Waals surface area contributed by atoms with Gasteiger partial charge in [0.1, 0.15) is 6.04 Å². The minimum Gasteiger partial charge on any atom is -0.504 e. The van der Waals surface area contributed by atoms with E-state index in [0.29, 0.717) is 5.56 Å². The van der Waals surface area contributed by atoms with Crippen molar-refractivity contribution in [2.75, 3.05) is 0 Å². The van der Waals surface area contributed by atoms with E-state index in [1.54, 1.807) is 0 Å². The highest BCUT2D eigenvalue weighted by Crippen LogP contribution is 2.25. The van der Waals surface area contributed by atoms with Gasteiger partial charge in [0.15, 0.2) is 11.5 Å². The highest BCUT2D eigenvalue weighted by molar-refractivity contribution is 8.93. The maximum Gasteiger partial charge on any atom is 0.320 e. The second-order valence-electron chi connectivity index (χ2n) is 2.97. The molecule has 0 saturated carbocycles. The Morgan fingerprint density at radius 3 is 2.40 bits per heavy atom. The molecule has 6 heteroatoms. The van der Waals surface area contributed by atoms with E-state index in [0.717, 1.165) is 0 Å². The molecule has 0 aliphatic rings. The summed E-state index contributed by atoms with van der Waals surface area (Å²) in [6, 6.07) is 3.09. The largest absolute Gasteiger partial charge is 0.504 e. The summed E-state index contributed by atoms with van der Waals surface area (Å²) in [5.41, 5.74) is 5.86. The van der Waals surface area contributed by atoms with E-state index in [2.05, 4.69) is 0 Å². The fourth-order valence-electron chi connectivity index (χ4n) is 1.04. The molecule has 15 heavy (non-hydrogen) atoms. The summed E-state index contributed by atoms with van der Waals surface area (Å²) in [6.45, 7) is 0. The van der Waals surface area contributed by atoms with Gasteiger partial charge < -0.3 is 21.1 Å². The molecule has 1 atom stereocenters. The lowest BCUT2D eigenvalue weighted by atomic mass is 10.1. The van der Waals surface area contributed by atoms with Crippen molar-refractivity contribution >= 4 is 23.0 Å². The number of phenols is 2. The molecule has 0 bridgehead atoms. The van der Waals surface area contributed by atoms with Crippen LogP contribution in [0.1, 0.15) is 5.56 Å². The molecule has 0 aliphatic carbocycles. The summed E-state index contributed by atoms with van der Waals surface area (Å²) in [5.74, 6) is -1.62. The maximum absolute atomic E-state index is 10.4. The Balaban J connectivity index is 0.00000196. The molecule has 0 amide bonds. The lowest BCUT2D eigenvalue weighted by molar-refractivity contribution is -0.138. The monoisotopic (exact) mass is 277 g/mol. The van der Waals surface area contributed by atoms with Gasteiger partial charge in [0.25, 0.3) is 0 Å². The number of hydrogen-bond donors (Lipinski definition) is 4. The van der Waals surface area contributed by atoms with Crippen molar-refractivity contribution in [1.29, 1.82) is 0 Å². The first-order valence-corrected chi connectivity index (χ1v) is 4.00. The molecule has 5 N–H and O–H groups in total. The zero-order valence-electron chi connectivity index (χ0n) is 7.75. The number of phenolic OH excluding ortho intramolecular Hbond substituents is 2. The van der Waals surface area contributed by atoms with E-state index in [-0.39, 0.29) is 34.9 Å². The normalized spacial score (nSPS) is 11.5. The summed E-state index contributed by atoms with van der Waals surface area (Å²) in [5, 5.41) is 26.6. The average Bonchev–Trinajstić information content (AvgIpc) is 2.11. The van der Waals surface area contributed by atoms with Gasteiger partial charge in [-0.15, -0.1) is 17.0 Å². The van der Waals surface area contributed by atoms with E-state index < -0.39 is 12.0 Å². The molecule has 0 heterocycles. The van der Waals surface area contributed by atoms with Crippen molar-refractivity contribution in [2.45, 2.75) is 12.5 Å². The summed E-state index contributed by atoms with van der Waals surface area (Å²) in [6.07, 6.45) is 0.114. The fraction of sp³-hybridized carbons (Fsp3) is 0.222. The highest BCUT2D eigenvalue weighted by Gasteiger charge is 2.12. The molecule has 0 radical (unpaired) electrons. The van der Waals surface area contributed by atoms with Crippen molar-refractivity contribution in [3.05, 3.63) is 23.8 Å². The van der Waals surface area contributed by atoms with Gasteiger partial charge in [-0.3, -0.25) is 4.79 Å². The van der Waals surface area contributed by atoms with Crippen LogP contribution in [0.2, 0.25) is 0 Å². The quantitative estimate of drug-likeness (QED) is 0.607. The minimum atomic E-state index is -1.10. The first-order chi connectivity index (χ1) is 6.50. The van der Waals surface area contributed by atoms with Gasteiger partial charge in [0.05, 0.1) is 0 Å². The van der Waals surface area contributed by atoms with Gasteiger partial charge in [-0.1, -0.05) is 6.07 Å². The van der Waals surface area contributed by atoms with E-state index in [9.17, 15) is 4.79 Å². The van der Waals surface area contributed by atoms with Crippen molar-refractivity contribution in [1.82, 2.24) is 0 Å². The van der Waals surface area contributed by atoms with Crippen LogP contribution >= 0.6 is 17.0 Å². The summed E-state index contributed by atoms with van der Waals surface area (Å²) < 4.78 is 0. The van der Waals surface area contributed by atoms with Gasteiger partial charge in [-0.05, 0) is 24.1 Å². The third-order valence-electron chi connectivity index (χ3n) is 1.81. The molecule has 0 aliphatic heterocycles. The van der Waals surface area contributed by atoms with Gasteiger partial charge in [0, 0.05) is 0 Å². The first kappa shape index (κ1) is 13.7. The number of nitrogens with two attached hydrogens (primary N) is 1. The predicted molar refractivity (Wildman–Crippen MR) is 59.4 cm³/mol. The number of rotatable bonds is 3. The van der Waals surface area contributed by atoms with Crippen LogP contribution < -0.4 is 5.73 Å². The summed E-state index contributed by atoms with van der Waals surface area (Å²) in [4.78, 5) is 10.4. The molecule has 1 aromatic carbocycles. The Hall–Kier alpha value is -1.27. The van der Waals surface area contributed by atoms with Gasteiger partial charge in [-0.2, -0.15) is 0 Å². The maximum atomic E-state index is 10.4. The zero-order chi connectivity index (χ0) is 10.7. The van der Waals surface area contributed by atoms with Crippen LogP contribution in [0.3, 0.4) is 0 Å². The van der Waals surface area contributed by atoms with Crippen molar-refractivity contribution in [3.63, 3.8) is 0 Å². The molecule has 1 aromatic rings. The Bertz CT molecular complexity index is 356. The summed E-state index contributed by atoms with van der Waals surface area (Å²) in [7, 11) is 0. The first-order valence-electron chi connectivity index (χ1n) is 4.00. The number of carboxylic acid groups (broad SMARTS) is 1. The van der Waals surface area contributed by atoms with Crippen LogP contribution in [0.5, 0.6) is 11.5 Å². The smallest absolute Gasteiger partial charge is 0.320 e. The van der Waals surface area contributed by atoms with E-state index >= 15 is 0 Å². The second kappa shape index (κ2) is 5.57.